The average Bonchev–Trinajstić information content (AvgIpc) is 2.94. The summed E-state index contributed by atoms with van der Waals surface area (Å²) in [6.07, 6.45) is 7.88. The van der Waals surface area contributed by atoms with Crippen molar-refractivity contribution in [3.63, 3.8) is 0 Å². The van der Waals surface area contributed by atoms with Crippen molar-refractivity contribution in [2.45, 2.75) is 18.9 Å². The Bertz CT molecular complexity index is 608. The zero-order valence-corrected chi connectivity index (χ0v) is 11.7. The van der Waals surface area contributed by atoms with Crippen LogP contribution in [0.4, 0.5) is 0 Å². The van der Waals surface area contributed by atoms with Gasteiger partial charge in [0.2, 0.25) is 0 Å². The topological polar surface area (TPSA) is 39.4 Å². The molecule has 0 aromatic heterocycles. The van der Waals surface area contributed by atoms with Crippen molar-refractivity contribution < 1.29 is 4.74 Å². The molecular weight excluding hydrogens is 250 g/mol. The lowest BCUT2D eigenvalue weighted by Gasteiger charge is -2.26. The van der Waals surface area contributed by atoms with E-state index in [1.807, 2.05) is 6.20 Å². The number of nitrogens with zero attached hydrogens (tertiary/aromatic N) is 3. The van der Waals surface area contributed by atoms with Gasteiger partial charge in [0.1, 0.15) is 5.82 Å². The molecule has 0 aromatic rings. The standard InChI is InChI=1S/C16H19N3O/c1-3-15(17-2)14-11-18-16-13(14)5-4-8-19(16)12-6-9-20-10-7-12/h3-5,8,11-12H,1,6-7,9-10H2,2H3. The molecule has 0 radical (unpaired) electrons. The van der Waals surface area contributed by atoms with Crippen LogP contribution in [0, 0.1) is 0 Å². The van der Waals surface area contributed by atoms with Crippen molar-refractivity contribution in [2.75, 3.05) is 20.3 Å². The van der Waals surface area contributed by atoms with E-state index in [-0.39, 0.29) is 0 Å². The van der Waals surface area contributed by atoms with Crippen LogP contribution in [-0.4, -0.2) is 35.5 Å². The van der Waals surface area contributed by atoms with Gasteiger partial charge in [0, 0.05) is 49.8 Å². The summed E-state index contributed by atoms with van der Waals surface area (Å²) in [5.74, 6) is 1.03. The van der Waals surface area contributed by atoms with E-state index in [2.05, 4.69) is 39.5 Å². The summed E-state index contributed by atoms with van der Waals surface area (Å²) in [6.45, 7) is 5.48. The number of pyridine rings is 1. The lowest BCUT2D eigenvalue weighted by Crippen LogP contribution is -2.21. The molecule has 104 valence electrons. The largest absolute Gasteiger partial charge is 0.381 e. The van der Waals surface area contributed by atoms with Crippen LogP contribution in [0.15, 0.2) is 42.2 Å². The Morgan fingerprint density at radius 1 is 1.50 bits per heavy atom. The minimum absolute atomic E-state index is 0.473. The molecule has 4 heteroatoms. The third kappa shape index (κ3) is 2.16. The number of rotatable bonds is 3. The van der Waals surface area contributed by atoms with Gasteiger partial charge < -0.3 is 9.30 Å². The zero-order chi connectivity index (χ0) is 13.9. The highest BCUT2D eigenvalue weighted by atomic mass is 16.5. The summed E-state index contributed by atoms with van der Waals surface area (Å²) in [5, 5.41) is 0. The predicted molar refractivity (Wildman–Crippen MR) is 80.6 cm³/mol. The van der Waals surface area contributed by atoms with Crippen molar-refractivity contribution in [3.8, 4) is 11.4 Å². The van der Waals surface area contributed by atoms with Crippen LogP contribution < -0.4 is 0 Å². The Kier molecular flexibility index (Phi) is 3.65. The molecule has 0 aromatic carbocycles. The van der Waals surface area contributed by atoms with Gasteiger partial charge in [0.05, 0.1) is 5.71 Å². The summed E-state index contributed by atoms with van der Waals surface area (Å²) in [5.41, 5.74) is 3.08. The van der Waals surface area contributed by atoms with Crippen LogP contribution in [0.1, 0.15) is 24.4 Å². The molecular formula is C16H19N3O. The van der Waals surface area contributed by atoms with Gasteiger partial charge >= 0.3 is 0 Å². The number of fused-ring (bicyclic) bond motifs is 1. The van der Waals surface area contributed by atoms with Crippen molar-refractivity contribution in [3.05, 3.63) is 42.7 Å². The first-order valence-corrected chi connectivity index (χ1v) is 6.98. The summed E-state index contributed by atoms with van der Waals surface area (Å²) in [4.78, 5) is 8.87. The van der Waals surface area contributed by atoms with Gasteiger partial charge in [-0.1, -0.05) is 6.58 Å². The van der Waals surface area contributed by atoms with E-state index >= 15 is 0 Å². The molecule has 4 nitrogen and oxygen atoms in total. The van der Waals surface area contributed by atoms with Gasteiger partial charge in [0.25, 0.3) is 0 Å². The Morgan fingerprint density at radius 3 is 3.00 bits per heavy atom. The van der Waals surface area contributed by atoms with Crippen LogP contribution in [0.2, 0.25) is 0 Å². The van der Waals surface area contributed by atoms with E-state index in [1.54, 1.807) is 13.1 Å². The second-order valence-corrected chi connectivity index (χ2v) is 4.98. The Hall–Kier alpha value is -1.94. The van der Waals surface area contributed by atoms with E-state index in [9.17, 15) is 0 Å². The van der Waals surface area contributed by atoms with Crippen LogP contribution in [-0.2, 0) is 4.74 Å². The molecule has 0 unspecified atom stereocenters. The first-order chi connectivity index (χ1) is 9.85. The molecule has 20 heavy (non-hydrogen) atoms. The number of aromatic nitrogens is 2. The lowest BCUT2D eigenvalue weighted by atomic mass is 10.0. The quantitative estimate of drug-likeness (QED) is 0.804. The number of hydrogen-bond donors (Lipinski definition) is 0. The van der Waals surface area contributed by atoms with E-state index in [4.69, 9.17) is 4.74 Å². The highest BCUT2D eigenvalue weighted by Crippen LogP contribution is 2.31. The second-order valence-electron chi connectivity index (χ2n) is 4.98. The fourth-order valence-corrected chi connectivity index (χ4v) is 2.84. The molecule has 0 bridgehead atoms. The molecule has 0 spiro atoms. The lowest BCUT2D eigenvalue weighted by molar-refractivity contribution is 0.0697. The van der Waals surface area contributed by atoms with Crippen molar-refractivity contribution in [2.24, 2.45) is 4.99 Å². The number of ether oxygens (including phenoxy) is 1. The van der Waals surface area contributed by atoms with Crippen LogP contribution in [0.3, 0.4) is 0 Å². The number of hydrogen-bond acceptors (Lipinski definition) is 3. The maximum Gasteiger partial charge on any atom is 0.140 e. The Balaban J connectivity index is 2.02. The fourth-order valence-electron chi connectivity index (χ4n) is 2.84. The fraction of sp³-hybridized carbons (Fsp3) is 0.375. The molecule has 0 atom stereocenters. The first kappa shape index (κ1) is 13.1. The van der Waals surface area contributed by atoms with Gasteiger partial charge in [0.15, 0.2) is 0 Å². The van der Waals surface area contributed by atoms with E-state index in [0.29, 0.717) is 6.04 Å². The molecule has 1 fully saturated rings. The molecule has 0 saturated carbocycles. The second kappa shape index (κ2) is 5.59. The first-order valence-electron chi connectivity index (χ1n) is 6.98. The Labute approximate surface area is 119 Å². The smallest absolute Gasteiger partial charge is 0.140 e. The van der Waals surface area contributed by atoms with Gasteiger partial charge in [-0.3, -0.25) is 4.99 Å². The minimum atomic E-state index is 0.473. The maximum atomic E-state index is 5.45. The molecule has 0 aliphatic carbocycles. The van der Waals surface area contributed by atoms with E-state index in [0.717, 1.165) is 48.7 Å². The van der Waals surface area contributed by atoms with Crippen molar-refractivity contribution in [1.29, 1.82) is 0 Å². The minimum Gasteiger partial charge on any atom is -0.381 e. The van der Waals surface area contributed by atoms with Gasteiger partial charge in [-0.25, -0.2) is 4.98 Å². The highest BCUT2D eigenvalue weighted by Gasteiger charge is 2.22. The number of allylic oxidation sites excluding steroid dienone is 1. The van der Waals surface area contributed by atoms with Crippen molar-refractivity contribution in [1.82, 2.24) is 9.55 Å². The monoisotopic (exact) mass is 269 g/mol. The summed E-state index contributed by atoms with van der Waals surface area (Å²) >= 11 is 0. The zero-order valence-electron chi connectivity index (χ0n) is 11.7. The number of aliphatic imine (C=N–C) groups is 1. The molecule has 0 amide bonds. The highest BCUT2D eigenvalue weighted by molar-refractivity contribution is 6.12. The summed E-state index contributed by atoms with van der Waals surface area (Å²) in [6, 6.07) is 4.66. The third-order valence-electron chi connectivity index (χ3n) is 3.90. The molecule has 3 aliphatic rings. The summed E-state index contributed by atoms with van der Waals surface area (Å²) in [7, 11) is 1.78. The van der Waals surface area contributed by atoms with Crippen LogP contribution in [0.5, 0.6) is 0 Å². The van der Waals surface area contributed by atoms with Gasteiger partial charge in [-0.05, 0) is 31.1 Å². The van der Waals surface area contributed by atoms with Crippen LogP contribution >= 0.6 is 0 Å². The molecule has 1 saturated heterocycles. The van der Waals surface area contributed by atoms with Gasteiger partial charge in [-0.2, -0.15) is 0 Å². The van der Waals surface area contributed by atoms with E-state index in [1.165, 1.54) is 0 Å². The normalized spacial score (nSPS) is 17.6. The average molecular weight is 269 g/mol. The molecule has 3 aliphatic heterocycles. The van der Waals surface area contributed by atoms with E-state index < -0.39 is 0 Å². The third-order valence-corrected chi connectivity index (χ3v) is 3.90. The molecule has 3 heterocycles. The summed E-state index contributed by atoms with van der Waals surface area (Å²) < 4.78 is 7.72. The molecule has 0 N–H and O–H groups in total. The maximum absolute atomic E-state index is 5.45. The SMILES string of the molecule is C=CC(=NC)c1cnc2n(C3CCOCC3)cccc1-2. The Morgan fingerprint density at radius 2 is 2.30 bits per heavy atom. The predicted octanol–water partition coefficient (Wildman–Crippen LogP) is 2.94. The van der Waals surface area contributed by atoms with Crippen molar-refractivity contribution >= 4 is 5.71 Å². The molecule has 3 rings (SSSR count). The van der Waals surface area contributed by atoms with Gasteiger partial charge in [-0.15, -0.1) is 0 Å². The van der Waals surface area contributed by atoms with Crippen LogP contribution in [0.25, 0.3) is 11.4 Å².